The molecule has 0 nitrogen and oxygen atoms in total. The van der Waals surface area contributed by atoms with E-state index >= 15 is 0 Å². The van der Waals surface area contributed by atoms with Gasteiger partial charge in [-0.15, -0.1) is 0 Å². The third-order valence-corrected chi connectivity index (χ3v) is 17.7. The molecule has 0 aliphatic heterocycles. The number of hydrogen-bond acceptors (Lipinski definition) is 0. The van der Waals surface area contributed by atoms with E-state index in [-0.39, 0.29) is 16.2 Å². The quantitative estimate of drug-likeness (QED) is 0.281. The van der Waals surface area contributed by atoms with Crippen molar-refractivity contribution in [2.24, 2.45) is 11.3 Å². The van der Waals surface area contributed by atoms with Crippen LogP contribution in [-0.2, 0) is 38.5 Å². The Bertz CT molecular complexity index is 1350. The normalized spacial score (nSPS) is 19.7. The van der Waals surface area contributed by atoms with E-state index in [9.17, 15) is 0 Å². The monoisotopic (exact) mass is 584 g/mol. The molecule has 1 saturated carbocycles. The summed E-state index contributed by atoms with van der Waals surface area (Å²) in [6, 6.07) is 12.4. The van der Waals surface area contributed by atoms with Crippen LogP contribution >= 0.6 is 0 Å². The van der Waals surface area contributed by atoms with Crippen molar-refractivity contribution in [2.75, 3.05) is 0 Å². The summed E-state index contributed by atoms with van der Waals surface area (Å²) in [6.07, 6.45) is 13.4. The van der Waals surface area contributed by atoms with Gasteiger partial charge in [0, 0.05) is 0 Å². The molecule has 5 rings (SSSR count). The van der Waals surface area contributed by atoms with Crippen LogP contribution in [0.25, 0.3) is 11.1 Å². The molecular weight excluding hydrogens is 536 g/mol. The molecule has 2 aromatic carbocycles. The summed E-state index contributed by atoms with van der Waals surface area (Å²) in [6.45, 7) is 24.1. The van der Waals surface area contributed by atoms with Gasteiger partial charge >= 0.3 is 242 Å². The molecule has 0 N–H and O–H groups in total. The van der Waals surface area contributed by atoms with Crippen molar-refractivity contribution < 1.29 is 21.3 Å². The minimum absolute atomic E-state index is 0.152. The van der Waals surface area contributed by atoms with Gasteiger partial charge in [-0.1, -0.05) is 0 Å². The van der Waals surface area contributed by atoms with E-state index in [0.29, 0.717) is 5.92 Å². The fraction of sp³-hybridized carbons (Fsp3) is 0.541. The summed E-state index contributed by atoms with van der Waals surface area (Å²) < 4.78 is 5.69. The fourth-order valence-electron chi connectivity index (χ4n) is 6.88. The second-order valence-corrected chi connectivity index (χ2v) is 21.6. The summed E-state index contributed by atoms with van der Waals surface area (Å²) >= 11 is -2.35. The summed E-state index contributed by atoms with van der Waals surface area (Å²) in [5.41, 5.74) is 11.5. The third-order valence-electron chi connectivity index (χ3n) is 9.20. The van der Waals surface area contributed by atoms with E-state index in [0.717, 1.165) is 6.42 Å². The van der Waals surface area contributed by atoms with E-state index in [1.165, 1.54) is 48.8 Å². The molecule has 0 aromatic heterocycles. The van der Waals surface area contributed by atoms with Crippen LogP contribution in [0.4, 0.5) is 0 Å². The molecule has 1 atom stereocenters. The zero-order chi connectivity index (χ0) is 27.6. The number of hydrogen-bond donors (Lipinski definition) is 0. The van der Waals surface area contributed by atoms with Crippen LogP contribution in [0.1, 0.15) is 124 Å². The van der Waals surface area contributed by atoms with Crippen molar-refractivity contribution in [3.8, 4) is 11.1 Å². The van der Waals surface area contributed by atoms with Crippen molar-refractivity contribution in [3.63, 3.8) is 0 Å². The molecular formula is C37H50Zr. The first-order chi connectivity index (χ1) is 17.7. The van der Waals surface area contributed by atoms with Gasteiger partial charge in [0.05, 0.1) is 0 Å². The van der Waals surface area contributed by atoms with E-state index < -0.39 is 21.3 Å². The number of rotatable bonds is 2. The summed E-state index contributed by atoms with van der Waals surface area (Å²) in [5, 5.41) is 0. The second kappa shape index (κ2) is 9.94. The minimum atomic E-state index is -2.35. The van der Waals surface area contributed by atoms with E-state index in [4.69, 9.17) is 0 Å². The Hall–Kier alpha value is -1.33. The zero-order valence-corrected chi connectivity index (χ0v) is 28.3. The Balaban J connectivity index is 1.77. The maximum absolute atomic E-state index is 2.70. The van der Waals surface area contributed by atoms with Crippen LogP contribution in [0.3, 0.4) is 0 Å². The predicted octanol–water partition coefficient (Wildman–Crippen LogP) is 9.74. The molecule has 0 amide bonds. The summed E-state index contributed by atoms with van der Waals surface area (Å²) in [4.78, 5) is 0. The molecule has 2 aromatic rings. The van der Waals surface area contributed by atoms with E-state index in [1.807, 2.05) is 9.76 Å². The van der Waals surface area contributed by atoms with E-state index in [1.54, 1.807) is 22.3 Å². The van der Waals surface area contributed by atoms with Crippen LogP contribution in [0, 0.1) is 11.3 Å². The molecule has 0 radical (unpaired) electrons. The summed E-state index contributed by atoms with van der Waals surface area (Å²) in [7, 11) is 0. The number of allylic oxidation sites excluding steroid dienone is 4. The molecule has 3 aliphatic rings. The SMILES string of the molecule is CC1C=C(C(C)(C)C)C=[C]1[Zr](=[C]1CCCCC1)[c]1c(C(C)(C)C)ccc2c1Cc1cc(C(C)(C)C)ccc1-2. The predicted molar refractivity (Wildman–Crippen MR) is 165 cm³/mol. The van der Waals surface area contributed by atoms with Gasteiger partial charge in [0.15, 0.2) is 0 Å². The molecule has 202 valence electrons. The van der Waals surface area contributed by atoms with Crippen LogP contribution in [0.2, 0.25) is 0 Å². The fourth-order valence-corrected chi connectivity index (χ4v) is 16.7. The van der Waals surface area contributed by atoms with Crippen molar-refractivity contribution in [3.05, 3.63) is 73.6 Å². The molecule has 0 spiro atoms. The first-order valence-corrected chi connectivity index (χ1v) is 18.8. The van der Waals surface area contributed by atoms with Crippen molar-refractivity contribution in [1.29, 1.82) is 0 Å². The van der Waals surface area contributed by atoms with Crippen LogP contribution in [0.5, 0.6) is 0 Å². The topological polar surface area (TPSA) is 0 Å². The van der Waals surface area contributed by atoms with E-state index in [2.05, 4.69) is 112 Å². The van der Waals surface area contributed by atoms with Gasteiger partial charge < -0.3 is 0 Å². The second-order valence-electron chi connectivity index (χ2n) is 15.4. The molecule has 3 aliphatic carbocycles. The molecule has 1 heteroatoms. The van der Waals surface area contributed by atoms with Gasteiger partial charge in [-0.25, -0.2) is 0 Å². The Morgan fingerprint density at radius 3 is 1.97 bits per heavy atom. The van der Waals surface area contributed by atoms with Gasteiger partial charge in [0.25, 0.3) is 0 Å². The maximum atomic E-state index is 2.70. The molecule has 0 saturated heterocycles. The van der Waals surface area contributed by atoms with Crippen LogP contribution in [0.15, 0.2) is 51.3 Å². The van der Waals surface area contributed by atoms with Crippen molar-refractivity contribution in [2.45, 2.75) is 119 Å². The van der Waals surface area contributed by atoms with Gasteiger partial charge in [0.2, 0.25) is 0 Å². The Labute approximate surface area is 241 Å². The Kier molecular flexibility index (Phi) is 7.38. The molecule has 0 heterocycles. The van der Waals surface area contributed by atoms with Crippen molar-refractivity contribution >= 4 is 6.48 Å². The van der Waals surface area contributed by atoms with Gasteiger partial charge in [-0.3, -0.25) is 0 Å². The number of benzene rings is 2. The Morgan fingerprint density at radius 1 is 0.737 bits per heavy atom. The standard InChI is InChI=1S/C21H25.C10H15.C6H10.Zr/c1-20(2,3)16-7-9-18-14(12-16)11-15-13-17(21(4,5)6)8-10-19(15)18;1-8-5-6-9(7-8)10(2,3)4;1-2-4-6-5-3-1;/h7-10,12H,11H2,1-6H3;6-8H,1-4H3;1-5H2;. The first-order valence-electron chi connectivity index (χ1n) is 15.1. The molecule has 1 unspecified atom stereocenters. The number of fused-ring (bicyclic) bond motifs is 3. The van der Waals surface area contributed by atoms with Gasteiger partial charge in [-0.05, 0) is 0 Å². The van der Waals surface area contributed by atoms with Crippen LogP contribution in [-0.4, -0.2) is 3.21 Å². The van der Waals surface area contributed by atoms with Gasteiger partial charge in [-0.2, -0.15) is 0 Å². The summed E-state index contributed by atoms with van der Waals surface area (Å²) in [5.74, 6) is 0.577. The van der Waals surface area contributed by atoms with Crippen molar-refractivity contribution in [1.82, 2.24) is 0 Å². The molecule has 0 bridgehead atoms. The molecule has 38 heavy (non-hydrogen) atoms. The zero-order valence-electron chi connectivity index (χ0n) is 25.9. The average molecular weight is 586 g/mol. The molecule has 1 fully saturated rings. The van der Waals surface area contributed by atoms with Gasteiger partial charge in [0.1, 0.15) is 0 Å². The van der Waals surface area contributed by atoms with Crippen LogP contribution < -0.4 is 3.27 Å². The third kappa shape index (κ3) is 5.23. The first kappa shape index (κ1) is 28.2. The Morgan fingerprint density at radius 2 is 1.39 bits per heavy atom. The average Bonchev–Trinajstić information content (AvgIpc) is 3.39.